The molecular weight excluding hydrogens is 388 g/mol. The van der Waals surface area contributed by atoms with Crippen LogP contribution < -0.4 is 29.9 Å². The summed E-state index contributed by atoms with van der Waals surface area (Å²) in [5.74, 6) is 1.30. The molecule has 0 atom stereocenters. The van der Waals surface area contributed by atoms with Crippen LogP contribution in [0.5, 0.6) is 11.5 Å². The molecule has 2 amide bonds. The first kappa shape index (κ1) is 21.9. The number of amides is 2. The molecule has 9 nitrogen and oxygen atoms in total. The molecule has 4 N–H and O–H groups in total. The molecule has 0 spiro atoms. The summed E-state index contributed by atoms with van der Waals surface area (Å²) in [6.07, 6.45) is 0. The highest BCUT2D eigenvalue weighted by molar-refractivity contribution is 5.93. The Balaban J connectivity index is 1.44. The zero-order valence-electron chi connectivity index (χ0n) is 17.7. The summed E-state index contributed by atoms with van der Waals surface area (Å²) in [5, 5.41) is 5.44. The largest absolute Gasteiger partial charge is 0.497 e. The minimum absolute atomic E-state index is 0.216. The summed E-state index contributed by atoms with van der Waals surface area (Å²) < 4.78 is 16.1. The van der Waals surface area contributed by atoms with E-state index in [1.54, 1.807) is 14.0 Å². The molecule has 0 unspecified atom stereocenters. The molecule has 164 valence electrons. The van der Waals surface area contributed by atoms with Crippen molar-refractivity contribution in [1.29, 1.82) is 0 Å². The van der Waals surface area contributed by atoms with E-state index >= 15 is 0 Å². The van der Waals surface area contributed by atoms with Gasteiger partial charge in [-0.2, -0.15) is 0 Å². The van der Waals surface area contributed by atoms with E-state index in [1.165, 1.54) is 9.80 Å². The van der Waals surface area contributed by atoms with E-state index < -0.39 is 0 Å². The summed E-state index contributed by atoms with van der Waals surface area (Å²) in [6.45, 7) is 8.53. The third-order valence-electron chi connectivity index (χ3n) is 5.45. The number of carbonyl (C=O) groups excluding carboxylic acids is 2. The number of quaternary nitrogens is 2. The van der Waals surface area contributed by atoms with Gasteiger partial charge in [-0.15, -0.1) is 0 Å². The number of ether oxygens (including phenoxy) is 3. The van der Waals surface area contributed by atoms with E-state index in [2.05, 4.69) is 10.6 Å². The topological polar surface area (TPSA) is 94.8 Å². The highest BCUT2D eigenvalue weighted by atomic mass is 16.5. The number of carbonyl (C=O) groups is 2. The average Bonchev–Trinajstić information content (AvgIpc) is 2.76. The van der Waals surface area contributed by atoms with Crippen molar-refractivity contribution in [3.8, 4) is 11.5 Å². The maximum Gasteiger partial charge on any atom is 0.337 e. The molecule has 30 heavy (non-hydrogen) atoms. The quantitative estimate of drug-likeness (QED) is 0.347. The van der Waals surface area contributed by atoms with Crippen molar-refractivity contribution >= 4 is 12.0 Å². The first-order chi connectivity index (χ1) is 14.6. The first-order valence-electron chi connectivity index (χ1n) is 10.5. The molecule has 1 fully saturated rings. The second-order valence-electron chi connectivity index (χ2n) is 7.44. The molecule has 0 radical (unpaired) electrons. The van der Waals surface area contributed by atoms with E-state index in [0.717, 1.165) is 44.2 Å². The van der Waals surface area contributed by atoms with Gasteiger partial charge in [0.05, 0.1) is 31.5 Å². The van der Waals surface area contributed by atoms with Crippen LogP contribution in [0.1, 0.15) is 6.92 Å². The van der Waals surface area contributed by atoms with Crippen LogP contribution in [0.25, 0.3) is 0 Å². The molecule has 3 rings (SSSR count). The van der Waals surface area contributed by atoms with Crippen LogP contribution >= 0.6 is 0 Å². The summed E-state index contributed by atoms with van der Waals surface area (Å²) in [4.78, 5) is 26.8. The predicted molar refractivity (Wildman–Crippen MR) is 110 cm³/mol. The van der Waals surface area contributed by atoms with Crippen LogP contribution in [-0.4, -0.2) is 78.1 Å². The lowest BCUT2D eigenvalue weighted by molar-refractivity contribution is -1.01. The lowest BCUT2D eigenvalue weighted by Gasteiger charge is -2.31. The van der Waals surface area contributed by atoms with Crippen molar-refractivity contribution in [1.82, 2.24) is 10.6 Å². The smallest absolute Gasteiger partial charge is 0.337 e. The summed E-state index contributed by atoms with van der Waals surface area (Å²) in [6, 6.07) is 7.35. The van der Waals surface area contributed by atoms with Gasteiger partial charge in [0, 0.05) is 0 Å². The SMILES string of the molecule is CCOC(=O)C1=C(C[NH+]2CC[NH+](CCOc3ccc(OC)cc3)CC2)NC(=O)NC1. The van der Waals surface area contributed by atoms with Gasteiger partial charge in [-0.25, -0.2) is 9.59 Å². The molecule has 2 aliphatic heterocycles. The summed E-state index contributed by atoms with van der Waals surface area (Å²) in [5.41, 5.74) is 1.20. The zero-order valence-corrected chi connectivity index (χ0v) is 17.7. The Hall–Kier alpha value is -2.78. The molecule has 9 heteroatoms. The first-order valence-corrected chi connectivity index (χ1v) is 10.5. The van der Waals surface area contributed by atoms with E-state index in [9.17, 15) is 9.59 Å². The Labute approximate surface area is 176 Å². The van der Waals surface area contributed by atoms with Gasteiger partial charge in [0.1, 0.15) is 57.4 Å². The maximum absolute atomic E-state index is 12.2. The number of hydrogen-bond acceptors (Lipinski definition) is 5. The van der Waals surface area contributed by atoms with Crippen LogP contribution in [0.15, 0.2) is 35.5 Å². The zero-order chi connectivity index (χ0) is 21.3. The van der Waals surface area contributed by atoms with Crippen LogP contribution in [0, 0.1) is 0 Å². The average molecular weight is 421 g/mol. The highest BCUT2D eigenvalue weighted by Gasteiger charge is 2.29. The van der Waals surface area contributed by atoms with Crippen LogP contribution in [-0.2, 0) is 9.53 Å². The number of methoxy groups -OCH3 is 1. The van der Waals surface area contributed by atoms with Gasteiger partial charge in [-0.1, -0.05) is 0 Å². The van der Waals surface area contributed by atoms with Gasteiger partial charge in [-0.3, -0.25) is 0 Å². The Morgan fingerprint density at radius 2 is 1.73 bits per heavy atom. The molecule has 2 heterocycles. The molecule has 0 aliphatic carbocycles. The molecule has 0 aromatic heterocycles. The minimum atomic E-state index is -0.362. The van der Waals surface area contributed by atoms with Gasteiger partial charge in [0.15, 0.2) is 0 Å². The fraction of sp³-hybridized carbons (Fsp3) is 0.524. The van der Waals surface area contributed by atoms with Crippen LogP contribution in [0.3, 0.4) is 0 Å². The number of esters is 1. The van der Waals surface area contributed by atoms with E-state index in [4.69, 9.17) is 14.2 Å². The predicted octanol–water partition coefficient (Wildman–Crippen LogP) is -2.01. The Bertz CT molecular complexity index is 757. The normalized spacial score (nSPS) is 21.5. The maximum atomic E-state index is 12.2. The van der Waals surface area contributed by atoms with Gasteiger partial charge >= 0.3 is 12.0 Å². The monoisotopic (exact) mass is 420 g/mol. The molecule has 0 bridgehead atoms. The van der Waals surface area contributed by atoms with Gasteiger partial charge in [-0.05, 0) is 31.2 Å². The lowest BCUT2D eigenvalue weighted by atomic mass is 10.1. The van der Waals surface area contributed by atoms with Crippen LogP contribution in [0.4, 0.5) is 4.79 Å². The third-order valence-corrected chi connectivity index (χ3v) is 5.45. The Morgan fingerprint density at radius 1 is 1.07 bits per heavy atom. The number of benzene rings is 1. The molecule has 1 aromatic rings. The van der Waals surface area contributed by atoms with Gasteiger partial charge < -0.3 is 34.6 Å². The highest BCUT2D eigenvalue weighted by Crippen LogP contribution is 2.16. The third kappa shape index (κ3) is 6.11. The number of urea groups is 1. The minimum Gasteiger partial charge on any atom is -0.497 e. The molecular formula is C21H32N4O5+2. The Kier molecular flexibility index (Phi) is 7.92. The number of rotatable bonds is 9. The van der Waals surface area contributed by atoms with E-state index in [-0.39, 0.29) is 18.5 Å². The van der Waals surface area contributed by atoms with Crippen molar-refractivity contribution in [3.63, 3.8) is 0 Å². The van der Waals surface area contributed by atoms with Crippen molar-refractivity contribution in [3.05, 3.63) is 35.5 Å². The molecule has 1 saturated heterocycles. The number of piperazine rings is 1. The van der Waals surface area contributed by atoms with Gasteiger partial charge in [0.25, 0.3) is 0 Å². The van der Waals surface area contributed by atoms with E-state index in [0.29, 0.717) is 31.0 Å². The molecule has 0 saturated carbocycles. The van der Waals surface area contributed by atoms with Crippen LogP contribution in [0.2, 0.25) is 0 Å². The van der Waals surface area contributed by atoms with Crippen molar-refractivity contribution in [2.24, 2.45) is 0 Å². The fourth-order valence-corrected chi connectivity index (χ4v) is 3.72. The second kappa shape index (κ2) is 10.8. The van der Waals surface area contributed by atoms with E-state index in [1.807, 2.05) is 24.3 Å². The second-order valence-corrected chi connectivity index (χ2v) is 7.44. The standard InChI is InChI=1S/C21H30N4O5/c1-3-29-20(26)18-14-22-21(27)23-19(18)15-25-10-8-24(9-11-25)12-13-30-17-6-4-16(28-2)5-7-17/h4-7H,3,8-15H2,1-2H3,(H2,22,23,27)/p+2. The van der Waals surface area contributed by atoms with Crippen molar-refractivity contribution < 1.29 is 33.6 Å². The van der Waals surface area contributed by atoms with Gasteiger partial charge in [0.2, 0.25) is 0 Å². The summed E-state index contributed by atoms with van der Waals surface area (Å²) >= 11 is 0. The Morgan fingerprint density at radius 3 is 2.40 bits per heavy atom. The number of nitrogens with one attached hydrogen (secondary N) is 4. The van der Waals surface area contributed by atoms with Crippen molar-refractivity contribution in [2.45, 2.75) is 6.92 Å². The number of hydrogen-bond donors (Lipinski definition) is 4. The molecule has 1 aromatic carbocycles. The molecule has 2 aliphatic rings. The summed E-state index contributed by atoms with van der Waals surface area (Å²) in [7, 11) is 1.65. The lowest BCUT2D eigenvalue weighted by Crippen LogP contribution is -3.28. The van der Waals surface area contributed by atoms with Crippen molar-refractivity contribution in [2.75, 3.05) is 66.1 Å². The fourth-order valence-electron chi connectivity index (χ4n) is 3.72.